The maximum Gasteiger partial charge on any atom is 0.328 e. The highest BCUT2D eigenvalue weighted by atomic mass is 16.5. The number of esters is 1. The lowest BCUT2D eigenvalue weighted by atomic mass is 10.1. The first-order valence-electron chi connectivity index (χ1n) is 6.32. The zero-order valence-corrected chi connectivity index (χ0v) is 11.7. The summed E-state index contributed by atoms with van der Waals surface area (Å²) in [7, 11) is 2.84. The number of nitrogens with one attached hydrogen (secondary N) is 2. The SMILES string of the molecule is COCCNC(=O)N[C@@H](Cc1ccccc1)C(=O)OC. The lowest BCUT2D eigenvalue weighted by molar-refractivity contribution is -0.142. The first-order valence-corrected chi connectivity index (χ1v) is 6.32. The maximum absolute atomic E-state index is 11.7. The van der Waals surface area contributed by atoms with Gasteiger partial charge in [0.15, 0.2) is 0 Å². The summed E-state index contributed by atoms with van der Waals surface area (Å²) >= 11 is 0. The number of methoxy groups -OCH3 is 2. The molecule has 0 heterocycles. The number of ether oxygens (including phenoxy) is 2. The third-order valence-electron chi connectivity index (χ3n) is 2.67. The minimum Gasteiger partial charge on any atom is -0.467 e. The van der Waals surface area contributed by atoms with Gasteiger partial charge in [0.25, 0.3) is 0 Å². The summed E-state index contributed by atoms with van der Waals surface area (Å²) in [6.07, 6.45) is 0.380. The molecule has 0 saturated heterocycles. The van der Waals surface area contributed by atoms with Crippen molar-refractivity contribution in [1.29, 1.82) is 0 Å². The predicted octanol–water partition coefficient (Wildman–Crippen LogP) is 0.716. The number of carbonyl (C=O) groups is 2. The van der Waals surface area contributed by atoms with E-state index in [0.717, 1.165) is 5.56 Å². The first kappa shape index (κ1) is 16.0. The number of hydrogen-bond donors (Lipinski definition) is 2. The highest BCUT2D eigenvalue weighted by Gasteiger charge is 2.21. The zero-order chi connectivity index (χ0) is 14.8. The largest absolute Gasteiger partial charge is 0.467 e. The smallest absolute Gasteiger partial charge is 0.328 e. The van der Waals surface area contributed by atoms with Gasteiger partial charge in [0.1, 0.15) is 6.04 Å². The molecule has 6 nitrogen and oxygen atoms in total. The van der Waals surface area contributed by atoms with Gasteiger partial charge in [-0.2, -0.15) is 0 Å². The number of benzene rings is 1. The van der Waals surface area contributed by atoms with Gasteiger partial charge in [-0.15, -0.1) is 0 Å². The van der Waals surface area contributed by atoms with E-state index in [1.165, 1.54) is 7.11 Å². The fraction of sp³-hybridized carbons (Fsp3) is 0.429. The van der Waals surface area contributed by atoms with Gasteiger partial charge in [-0.05, 0) is 5.56 Å². The second-order valence-corrected chi connectivity index (χ2v) is 4.16. The molecule has 0 aliphatic rings. The predicted molar refractivity (Wildman–Crippen MR) is 74.4 cm³/mol. The molecule has 0 radical (unpaired) electrons. The topological polar surface area (TPSA) is 76.7 Å². The Labute approximate surface area is 118 Å². The number of urea groups is 1. The molecule has 0 unspecified atom stereocenters. The van der Waals surface area contributed by atoms with E-state index in [2.05, 4.69) is 10.6 Å². The second-order valence-electron chi connectivity index (χ2n) is 4.16. The highest BCUT2D eigenvalue weighted by molar-refractivity contribution is 5.83. The van der Waals surface area contributed by atoms with Gasteiger partial charge in [-0.3, -0.25) is 0 Å². The minimum absolute atomic E-state index is 0.377. The molecule has 0 bridgehead atoms. The molecule has 2 amide bonds. The average molecular weight is 280 g/mol. The summed E-state index contributed by atoms with van der Waals surface area (Å²) in [5, 5.41) is 5.19. The molecule has 1 aromatic carbocycles. The Kier molecular flexibility index (Phi) is 7.13. The molecule has 1 atom stereocenters. The van der Waals surface area contributed by atoms with Crippen LogP contribution in [-0.4, -0.2) is 45.4 Å². The standard InChI is InChI=1S/C14H20N2O4/c1-19-9-8-15-14(18)16-12(13(17)20-2)10-11-6-4-3-5-7-11/h3-7,12H,8-10H2,1-2H3,(H2,15,16,18)/t12-/m0/s1. The first-order chi connectivity index (χ1) is 9.67. The maximum atomic E-state index is 11.7. The monoisotopic (exact) mass is 280 g/mol. The minimum atomic E-state index is -0.718. The van der Waals surface area contributed by atoms with E-state index in [9.17, 15) is 9.59 Å². The van der Waals surface area contributed by atoms with E-state index in [1.54, 1.807) is 7.11 Å². The fourth-order valence-corrected chi connectivity index (χ4v) is 1.66. The molecule has 20 heavy (non-hydrogen) atoms. The summed E-state index contributed by atoms with van der Waals surface area (Å²) in [5.74, 6) is -0.476. The summed E-state index contributed by atoms with van der Waals surface area (Å²) in [6, 6.07) is 8.28. The van der Waals surface area contributed by atoms with Crippen LogP contribution in [0.5, 0.6) is 0 Å². The molecule has 0 aromatic heterocycles. The number of rotatable bonds is 7. The molecular weight excluding hydrogens is 260 g/mol. The van der Waals surface area contributed by atoms with Crippen LogP contribution in [0.4, 0.5) is 4.79 Å². The van der Waals surface area contributed by atoms with Gasteiger partial charge in [-0.1, -0.05) is 30.3 Å². The second kappa shape index (κ2) is 8.92. The third-order valence-corrected chi connectivity index (χ3v) is 2.67. The van der Waals surface area contributed by atoms with E-state index in [0.29, 0.717) is 19.6 Å². The molecule has 0 saturated carbocycles. The molecular formula is C14H20N2O4. The van der Waals surface area contributed by atoms with E-state index in [-0.39, 0.29) is 0 Å². The van der Waals surface area contributed by atoms with Gasteiger partial charge in [0, 0.05) is 20.1 Å². The third kappa shape index (κ3) is 5.71. The van der Waals surface area contributed by atoms with Crippen LogP contribution >= 0.6 is 0 Å². The van der Waals surface area contributed by atoms with Gasteiger partial charge in [0.05, 0.1) is 13.7 Å². The Morgan fingerprint density at radius 3 is 2.50 bits per heavy atom. The number of amides is 2. The molecule has 0 aliphatic carbocycles. The molecule has 0 aliphatic heterocycles. The molecule has 2 N–H and O–H groups in total. The van der Waals surface area contributed by atoms with Crippen molar-refractivity contribution in [3.05, 3.63) is 35.9 Å². The van der Waals surface area contributed by atoms with Crippen molar-refractivity contribution >= 4 is 12.0 Å². The van der Waals surface area contributed by atoms with Crippen LogP contribution in [0.15, 0.2) is 30.3 Å². The van der Waals surface area contributed by atoms with Crippen LogP contribution in [0.25, 0.3) is 0 Å². The van der Waals surface area contributed by atoms with E-state index < -0.39 is 18.0 Å². The van der Waals surface area contributed by atoms with Crippen LogP contribution in [0.3, 0.4) is 0 Å². The average Bonchev–Trinajstić information content (AvgIpc) is 2.47. The van der Waals surface area contributed by atoms with Gasteiger partial charge < -0.3 is 20.1 Å². The number of hydrogen-bond acceptors (Lipinski definition) is 4. The molecule has 1 aromatic rings. The molecule has 6 heteroatoms. The lowest BCUT2D eigenvalue weighted by Crippen LogP contribution is -2.48. The van der Waals surface area contributed by atoms with Crippen molar-refractivity contribution in [3.8, 4) is 0 Å². The van der Waals surface area contributed by atoms with Crippen molar-refractivity contribution in [2.24, 2.45) is 0 Å². The van der Waals surface area contributed by atoms with Crippen LogP contribution in [-0.2, 0) is 20.7 Å². The van der Waals surface area contributed by atoms with Crippen LogP contribution in [0.1, 0.15) is 5.56 Å². The van der Waals surface area contributed by atoms with E-state index >= 15 is 0 Å². The molecule has 110 valence electrons. The van der Waals surface area contributed by atoms with Crippen molar-refractivity contribution in [2.75, 3.05) is 27.4 Å². The Hall–Kier alpha value is -2.08. The van der Waals surface area contributed by atoms with Gasteiger partial charge in [0.2, 0.25) is 0 Å². The van der Waals surface area contributed by atoms with Crippen molar-refractivity contribution in [2.45, 2.75) is 12.5 Å². The van der Waals surface area contributed by atoms with E-state index in [1.807, 2.05) is 30.3 Å². The van der Waals surface area contributed by atoms with E-state index in [4.69, 9.17) is 9.47 Å². The molecule has 1 rings (SSSR count). The Morgan fingerprint density at radius 2 is 1.90 bits per heavy atom. The Bertz CT molecular complexity index is 422. The van der Waals surface area contributed by atoms with Gasteiger partial charge >= 0.3 is 12.0 Å². The van der Waals surface area contributed by atoms with Crippen LogP contribution in [0.2, 0.25) is 0 Å². The quantitative estimate of drug-likeness (QED) is 0.570. The van der Waals surface area contributed by atoms with Crippen molar-refractivity contribution < 1.29 is 19.1 Å². The van der Waals surface area contributed by atoms with Crippen molar-refractivity contribution in [3.63, 3.8) is 0 Å². The van der Waals surface area contributed by atoms with Crippen molar-refractivity contribution in [1.82, 2.24) is 10.6 Å². The zero-order valence-electron chi connectivity index (χ0n) is 11.7. The molecule has 0 spiro atoms. The fourth-order valence-electron chi connectivity index (χ4n) is 1.66. The summed E-state index contributed by atoms with van der Waals surface area (Å²) in [4.78, 5) is 23.3. The van der Waals surface area contributed by atoms with Gasteiger partial charge in [-0.25, -0.2) is 9.59 Å². The Balaban J connectivity index is 2.56. The Morgan fingerprint density at radius 1 is 1.20 bits per heavy atom. The van der Waals surface area contributed by atoms with Crippen LogP contribution < -0.4 is 10.6 Å². The summed E-state index contributed by atoms with van der Waals surface area (Å²) in [5.41, 5.74) is 0.945. The van der Waals surface area contributed by atoms with Crippen LogP contribution in [0, 0.1) is 0 Å². The number of carbonyl (C=O) groups excluding carboxylic acids is 2. The molecule has 0 fully saturated rings. The lowest BCUT2D eigenvalue weighted by Gasteiger charge is -2.17. The highest BCUT2D eigenvalue weighted by Crippen LogP contribution is 2.04. The summed E-state index contributed by atoms with van der Waals surface area (Å²) < 4.78 is 9.53. The normalized spacial score (nSPS) is 11.5. The summed E-state index contributed by atoms with van der Waals surface area (Å²) in [6.45, 7) is 0.788.